The van der Waals surface area contributed by atoms with E-state index < -0.39 is 0 Å². The van der Waals surface area contributed by atoms with Crippen LogP contribution in [0.5, 0.6) is 0 Å². The van der Waals surface area contributed by atoms with Gasteiger partial charge in [-0.05, 0) is 18.9 Å². The molecule has 0 saturated carbocycles. The zero-order valence-corrected chi connectivity index (χ0v) is 12.7. The first-order chi connectivity index (χ1) is 9.21. The third-order valence-electron chi connectivity index (χ3n) is 2.72. The Bertz CT molecular complexity index is 510. The van der Waals surface area contributed by atoms with Gasteiger partial charge in [0.05, 0.1) is 16.6 Å². The van der Waals surface area contributed by atoms with Gasteiger partial charge in [0.2, 0.25) is 0 Å². The van der Waals surface area contributed by atoms with Crippen LogP contribution in [0.15, 0.2) is 17.3 Å². The Hall–Kier alpha value is -1.20. The minimum atomic E-state index is 0.617. The van der Waals surface area contributed by atoms with Gasteiger partial charge >= 0.3 is 0 Å². The summed E-state index contributed by atoms with van der Waals surface area (Å²) in [6.07, 6.45) is 3.53. The molecule has 1 aliphatic rings. The van der Waals surface area contributed by atoms with Crippen LogP contribution in [0.2, 0.25) is 4.34 Å². The van der Waals surface area contributed by atoms with Crippen LogP contribution in [-0.2, 0) is 4.74 Å². The molecule has 0 aliphatic carbocycles. The van der Waals surface area contributed by atoms with E-state index in [0.29, 0.717) is 17.0 Å². The van der Waals surface area contributed by atoms with Crippen molar-refractivity contribution in [3.05, 3.63) is 22.2 Å². The summed E-state index contributed by atoms with van der Waals surface area (Å²) < 4.78 is 6.45. The maximum Gasteiger partial charge on any atom is 0.298 e. The van der Waals surface area contributed by atoms with E-state index in [0.717, 1.165) is 35.6 Å². The van der Waals surface area contributed by atoms with Gasteiger partial charge in [0.15, 0.2) is 0 Å². The van der Waals surface area contributed by atoms with Crippen LogP contribution >= 0.6 is 22.9 Å². The number of ether oxygens (including phenoxy) is 1. The number of nitrogens with zero attached hydrogens (tertiary/aromatic N) is 2. The molecule has 6 heteroatoms. The van der Waals surface area contributed by atoms with Crippen LogP contribution in [0.25, 0.3) is 5.70 Å². The molecule has 2 heterocycles. The Labute approximate surface area is 122 Å². The number of rotatable bonds is 4. The fourth-order valence-corrected chi connectivity index (χ4v) is 3.02. The van der Waals surface area contributed by atoms with E-state index in [-0.39, 0.29) is 0 Å². The monoisotopic (exact) mass is 299 g/mol. The summed E-state index contributed by atoms with van der Waals surface area (Å²) in [6, 6.07) is 2.52. The maximum absolute atomic E-state index is 6.07. The van der Waals surface area contributed by atoms with E-state index in [1.54, 1.807) is 6.20 Å². The summed E-state index contributed by atoms with van der Waals surface area (Å²) >= 11 is 7.51. The second-order valence-electron chi connectivity index (χ2n) is 4.22. The van der Waals surface area contributed by atoms with E-state index in [1.807, 2.05) is 11.0 Å². The number of thiophene rings is 1. The first-order valence-electron chi connectivity index (χ1n) is 6.41. The van der Waals surface area contributed by atoms with Crippen LogP contribution < -0.4 is 5.73 Å². The van der Waals surface area contributed by atoms with Gasteiger partial charge in [0.25, 0.3) is 6.02 Å². The van der Waals surface area contributed by atoms with Crippen molar-refractivity contribution in [2.75, 3.05) is 13.2 Å². The van der Waals surface area contributed by atoms with Gasteiger partial charge in [0, 0.05) is 18.3 Å². The number of aliphatic imine (C=N–C) groups is 1. The number of hydrogen-bond acceptors (Lipinski definition) is 5. The highest BCUT2D eigenvalue weighted by Gasteiger charge is 2.27. The predicted octanol–water partition coefficient (Wildman–Crippen LogP) is 3.80. The molecule has 0 bridgehead atoms. The second kappa shape index (κ2) is 6.30. The van der Waals surface area contributed by atoms with Gasteiger partial charge in [-0.15, -0.1) is 11.3 Å². The van der Waals surface area contributed by atoms with E-state index >= 15 is 0 Å². The SMILES string of the molecule is CCCOC1=Nc2sc(Cl)cc2C(=CN)N1CCC. The van der Waals surface area contributed by atoms with E-state index in [1.165, 1.54) is 11.3 Å². The molecule has 4 nitrogen and oxygen atoms in total. The average Bonchev–Trinajstić information content (AvgIpc) is 2.76. The highest BCUT2D eigenvalue weighted by molar-refractivity contribution is 7.20. The standard InChI is InChI=1S/C13H18ClN3OS/c1-3-5-17-10(8-15)9-7-11(14)19-12(9)16-13(17)18-6-4-2/h7-8H,3-6,15H2,1-2H3. The molecule has 0 radical (unpaired) electrons. The molecule has 0 saturated heterocycles. The molecule has 1 aromatic heterocycles. The molecule has 2 N–H and O–H groups in total. The summed E-state index contributed by atoms with van der Waals surface area (Å²) in [5.41, 5.74) is 7.69. The number of amidine groups is 1. The lowest BCUT2D eigenvalue weighted by Gasteiger charge is -2.30. The minimum Gasteiger partial charge on any atom is -0.465 e. The second-order valence-corrected chi connectivity index (χ2v) is 5.88. The van der Waals surface area contributed by atoms with Crippen LogP contribution in [0.1, 0.15) is 32.3 Å². The van der Waals surface area contributed by atoms with Crippen LogP contribution in [0, 0.1) is 0 Å². The third-order valence-corrected chi connectivity index (χ3v) is 3.88. The zero-order valence-electron chi connectivity index (χ0n) is 11.1. The molecule has 0 unspecified atom stereocenters. The molecule has 0 fully saturated rings. The highest BCUT2D eigenvalue weighted by Crippen LogP contribution is 2.42. The lowest BCUT2D eigenvalue weighted by molar-refractivity contribution is 0.257. The molecule has 2 rings (SSSR count). The molecule has 0 amide bonds. The van der Waals surface area contributed by atoms with Gasteiger partial charge in [-0.25, -0.2) is 0 Å². The average molecular weight is 300 g/mol. The number of nitrogens with two attached hydrogens (primary N) is 1. The van der Waals surface area contributed by atoms with Gasteiger partial charge in [-0.1, -0.05) is 25.4 Å². The van der Waals surface area contributed by atoms with Crippen molar-refractivity contribution in [3.8, 4) is 0 Å². The molecule has 104 valence electrons. The summed E-state index contributed by atoms with van der Waals surface area (Å²) in [5.74, 6) is 0. The molecular formula is C13H18ClN3OS. The summed E-state index contributed by atoms with van der Waals surface area (Å²) in [5, 5.41) is 0.861. The lowest BCUT2D eigenvalue weighted by atomic mass is 10.2. The fourth-order valence-electron chi connectivity index (χ4n) is 1.94. The Morgan fingerprint density at radius 1 is 1.47 bits per heavy atom. The number of hydrogen-bond donors (Lipinski definition) is 1. The Kier molecular flexibility index (Phi) is 4.71. The Balaban J connectivity index is 2.41. The summed E-state index contributed by atoms with van der Waals surface area (Å²) in [4.78, 5) is 6.57. The minimum absolute atomic E-state index is 0.617. The topological polar surface area (TPSA) is 50.9 Å². The largest absolute Gasteiger partial charge is 0.465 e. The van der Waals surface area contributed by atoms with Crippen LogP contribution in [0.3, 0.4) is 0 Å². The number of fused-ring (bicyclic) bond motifs is 1. The molecule has 1 aromatic rings. The van der Waals surface area contributed by atoms with E-state index in [2.05, 4.69) is 18.8 Å². The molecule has 19 heavy (non-hydrogen) atoms. The van der Waals surface area contributed by atoms with Gasteiger partial charge in [-0.3, -0.25) is 4.90 Å². The van der Waals surface area contributed by atoms with Crippen LogP contribution in [0.4, 0.5) is 5.00 Å². The van der Waals surface area contributed by atoms with Crippen molar-refractivity contribution in [2.45, 2.75) is 26.7 Å². The Morgan fingerprint density at radius 2 is 2.26 bits per heavy atom. The van der Waals surface area contributed by atoms with Crippen molar-refractivity contribution in [1.29, 1.82) is 0 Å². The number of halogens is 1. The normalized spacial score (nSPS) is 16.5. The van der Waals surface area contributed by atoms with Crippen molar-refractivity contribution in [3.63, 3.8) is 0 Å². The van der Waals surface area contributed by atoms with E-state index in [4.69, 9.17) is 22.1 Å². The lowest BCUT2D eigenvalue weighted by Crippen LogP contribution is -2.34. The summed E-state index contributed by atoms with van der Waals surface area (Å²) in [6.45, 7) is 5.65. The molecule has 0 spiro atoms. The van der Waals surface area contributed by atoms with Crippen molar-refractivity contribution < 1.29 is 4.74 Å². The third kappa shape index (κ3) is 2.87. The van der Waals surface area contributed by atoms with Crippen molar-refractivity contribution >= 4 is 39.7 Å². The quantitative estimate of drug-likeness (QED) is 0.920. The molecule has 0 atom stereocenters. The van der Waals surface area contributed by atoms with Gasteiger partial charge < -0.3 is 10.5 Å². The van der Waals surface area contributed by atoms with E-state index in [9.17, 15) is 0 Å². The predicted molar refractivity (Wildman–Crippen MR) is 81.8 cm³/mol. The smallest absolute Gasteiger partial charge is 0.298 e. The molecular weight excluding hydrogens is 282 g/mol. The summed E-state index contributed by atoms with van der Waals surface area (Å²) in [7, 11) is 0. The van der Waals surface area contributed by atoms with Crippen molar-refractivity contribution in [2.24, 2.45) is 10.7 Å². The fraction of sp³-hybridized carbons (Fsp3) is 0.462. The van der Waals surface area contributed by atoms with Crippen LogP contribution in [-0.4, -0.2) is 24.1 Å². The maximum atomic E-state index is 6.07. The first kappa shape index (κ1) is 14.2. The Morgan fingerprint density at radius 3 is 2.89 bits per heavy atom. The van der Waals surface area contributed by atoms with Gasteiger partial charge in [-0.2, -0.15) is 4.99 Å². The molecule has 1 aliphatic heterocycles. The van der Waals surface area contributed by atoms with Crippen molar-refractivity contribution in [1.82, 2.24) is 4.90 Å². The highest BCUT2D eigenvalue weighted by atomic mass is 35.5. The van der Waals surface area contributed by atoms with Gasteiger partial charge in [0.1, 0.15) is 5.00 Å². The molecule has 0 aromatic carbocycles. The first-order valence-corrected chi connectivity index (χ1v) is 7.61. The zero-order chi connectivity index (χ0) is 13.8.